The molecule has 2 aliphatic heterocycles. The summed E-state index contributed by atoms with van der Waals surface area (Å²) in [4.78, 5) is 19.4. The van der Waals surface area contributed by atoms with Gasteiger partial charge < -0.3 is 9.47 Å². The van der Waals surface area contributed by atoms with Crippen LogP contribution in [0.3, 0.4) is 0 Å². The molecule has 1 saturated heterocycles. The van der Waals surface area contributed by atoms with Gasteiger partial charge in [-0.2, -0.15) is 5.10 Å². The highest BCUT2D eigenvalue weighted by Gasteiger charge is 2.35. The molecule has 0 N–H and O–H groups in total. The molecular formula is C17H19N5OS. The third-order valence-electron chi connectivity index (χ3n) is 5.28. The lowest BCUT2D eigenvalue weighted by Crippen LogP contribution is -2.47. The molecule has 2 bridgehead atoms. The van der Waals surface area contributed by atoms with E-state index in [0.717, 1.165) is 36.1 Å². The number of anilines is 1. The zero-order valence-corrected chi connectivity index (χ0v) is 14.6. The molecule has 3 aromatic rings. The normalized spacial score (nSPS) is 22.8. The number of piperidine rings is 1. The molecule has 124 valence electrons. The van der Waals surface area contributed by atoms with Gasteiger partial charge in [0, 0.05) is 44.4 Å². The van der Waals surface area contributed by atoms with Crippen LogP contribution in [0.1, 0.15) is 23.7 Å². The molecule has 0 aromatic carbocycles. The molecule has 5 heterocycles. The van der Waals surface area contributed by atoms with E-state index >= 15 is 0 Å². The maximum absolute atomic E-state index is 12.1. The van der Waals surface area contributed by atoms with Crippen molar-refractivity contribution in [2.45, 2.75) is 25.8 Å². The fraction of sp³-hybridized carbons (Fsp3) is 0.471. The first kappa shape index (κ1) is 14.2. The number of nitrogens with zero attached hydrogens (tertiary/aromatic N) is 5. The van der Waals surface area contributed by atoms with Crippen LogP contribution in [0, 0.1) is 12.8 Å². The molecule has 7 heteroatoms. The van der Waals surface area contributed by atoms with Crippen molar-refractivity contribution in [3.05, 3.63) is 39.9 Å². The Balaban J connectivity index is 1.53. The summed E-state index contributed by atoms with van der Waals surface area (Å²) in [6.45, 7) is 4.78. The predicted octanol–water partition coefficient (Wildman–Crippen LogP) is 2.12. The highest BCUT2D eigenvalue weighted by atomic mass is 32.1. The Morgan fingerprint density at radius 1 is 1.25 bits per heavy atom. The van der Waals surface area contributed by atoms with Gasteiger partial charge in [0.1, 0.15) is 0 Å². The number of hydrogen-bond donors (Lipinski definition) is 0. The lowest BCUT2D eigenvalue weighted by atomic mass is 9.83. The summed E-state index contributed by atoms with van der Waals surface area (Å²) in [5.41, 5.74) is 3.34. The number of thiazole rings is 1. The number of fused-ring (bicyclic) bond motifs is 5. The summed E-state index contributed by atoms with van der Waals surface area (Å²) >= 11 is 1.74. The van der Waals surface area contributed by atoms with Crippen molar-refractivity contribution in [3.8, 4) is 0 Å². The molecule has 0 saturated carbocycles. The van der Waals surface area contributed by atoms with Gasteiger partial charge in [-0.25, -0.2) is 9.67 Å². The van der Waals surface area contributed by atoms with Gasteiger partial charge in [0.25, 0.3) is 5.56 Å². The quantitative estimate of drug-likeness (QED) is 0.680. The van der Waals surface area contributed by atoms with E-state index in [1.807, 2.05) is 29.3 Å². The maximum Gasteiger partial charge on any atom is 0.250 e. The van der Waals surface area contributed by atoms with E-state index in [2.05, 4.69) is 16.1 Å². The van der Waals surface area contributed by atoms with Crippen LogP contribution in [0.5, 0.6) is 0 Å². The Hall–Kier alpha value is -2.15. The zero-order valence-electron chi connectivity index (χ0n) is 13.8. The smallest absolute Gasteiger partial charge is 0.250 e. The Bertz CT molecular complexity index is 966. The molecule has 0 spiro atoms. The largest absolute Gasteiger partial charge is 0.347 e. The number of pyridine rings is 1. The van der Waals surface area contributed by atoms with Crippen molar-refractivity contribution >= 4 is 26.8 Å². The highest BCUT2D eigenvalue weighted by molar-refractivity contribution is 7.22. The second-order valence-electron chi connectivity index (χ2n) is 6.96. The second kappa shape index (κ2) is 4.92. The molecule has 2 aliphatic rings. The van der Waals surface area contributed by atoms with Gasteiger partial charge >= 0.3 is 0 Å². The lowest BCUT2D eigenvalue weighted by molar-refractivity contribution is 0.281. The minimum Gasteiger partial charge on any atom is -0.347 e. The van der Waals surface area contributed by atoms with Crippen LogP contribution in [0.15, 0.2) is 23.0 Å². The van der Waals surface area contributed by atoms with Crippen LogP contribution >= 0.6 is 11.3 Å². The standard InChI is InChI=1S/C17H19N5OS/c1-10-15-16(20(2)19-10)18-17(24-15)21-7-11-6-12(9-21)13-4-3-5-14(23)22(13)8-11/h3-5,11-12H,6-9H2,1-2H3/t11-,12+/m0/s1. The molecule has 3 aromatic heterocycles. The molecule has 0 radical (unpaired) electrons. The van der Waals surface area contributed by atoms with Crippen LogP contribution in [-0.4, -0.2) is 32.4 Å². The fourth-order valence-corrected chi connectivity index (χ4v) is 5.31. The third-order valence-corrected chi connectivity index (χ3v) is 6.50. The van der Waals surface area contributed by atoms with Gasteiger partial charge in [-0.3, -0.25) is 4.79 Å². The predicted molar refractivity (Wildman–Crippen MR) is 94.9 cm³/mol. The van der Waals surface area contributed by atoms with Crippen molar-refractivity contribution in [2.24, 2.45) is 13.0 Å². The Morgan fingerprint density at radius 3 is 2.96 bits per heavy atom. The number of hydrogen-bond acceptors (Lipinski definition) is 5. The van der Waals surface area contributed by atoms with Gasteiger partial charge in [-0.05, 0) is 25.3 Å². The number of rotatable bonds is 1. The first-order valence-electron chi connectivity index (χ1n) is 8.35. The highest BCUT2D eigenvalue weighted by Crippen LogP contribution is 2.39. The SMILES string of the molecule is Cc1nn(C)c2nc(N3C[C@@H]4C[C@H](C3)c3cccc(=O)n3C4)sc12. The summed E-state index contributed by atoms with van der Waals surface area (Å²) in [6.07, 6.45) is 1.17. The van der Waals surface area contributed by atoms with Crippen molar-refractivity contribution in [3.63, 3.8) is 0 Å². The zero-order chi connectivity index (χ0) is 16.4. The summed E-state index contributed by atoms with van der Waals surface area (Å²) in [7, 11) is 1.95. The van der Waals surface area contributed by atoms with E-state index in [1.165, 1.54) is 16.8 Å². The van der Waals surface area contributed by atoms with Gasteiger partial charge in [0.15, 0.2) is 10.8 Å². The fourth-order valence-electron chi connectivity index (χ4n) is 4.26. The summed E-state index contributed by atoms with van der Waals surface area (Å²) < 4.78 is 5.02. The van der Waals surface area contributed by atoms with Crippen LogP contribution in [-0.2, 0) is 13.6 Å². The molecule has 24 heavy (non-hydrogen) atoms. The van der Waals surface area contributed by atoms with E-state index in [1.54, 1.807) is 17.4 Å². The molecule has 0 aliphatic carbocycles. The molecule has 6 nitrogen and oxygen atoms in total. The van der Waals surface area contributed by atoms with E-state index in [4.69, 9.17) is 4.98 Å². The average Bonchev–Trinajstić information content (AvgIpc) is 3.11. The van der Waals surface area contributed by atoms with E-state index in [9.17, 15) is 4.79 Å². The molecule has 5 rings (SSSR count). The summed E-state index contributed by atoms with van der Waals surface area (Å²) in [5.74, 6) is 0.931. The monoisotopic (exact) mass is 341 g/mol. The topological polar surface area (TPSA) is 56.0 Å². The average molecular weight is 341 g/mol. The maximum atomic E-state index is 12.1. The van der Waals surface area contributed by atoms with Gasteiger partial charge in [-0.15, -0.1) is 0 Å². The minimum atomic E-state index is 0.136. The van der Waals surface area contributed by atoms with Gasteiger partial charge in [0.2, 0.25) is 0 Å². The molecule has 0 unspecified atom stereocenters. The van der Waals surface area contributed by atoms with Crippen molar-refractivity contribution in [1.82, 2.24) is 19.3 Å². The van der Waals surface area contributed by atoms with Crippen LogP contribution < -0.4 is 10.5 Å². The molecule has 0 amide bonds. The minimum absolute atomic E-state index is 0.136. The second-order valence-corrected chi connectivity index (χ2v) is 7.94. The summed E-state index contributed by atoms with van der Waals surface area (Å²) in [5, 5.41) is 5.53. The van der Waals surface area contributed by atoms with Crippen LogP contribution in [0.25, 0.3) is 10.3 Å². The Kier molecular flexibility index (Phi) is 2.92. The number of aromatic nitrogens is 4. The van der Waals surface area contributed by atoms with Crippen molar-refractivity contribution < 1.29 is 0 Å². The third kappa shape index (κ3) is 1.97. The van der Waals surface area contributed by atoms with E-state index in [0.29, 0.717) is 11.8 Å². The molecule has 2 atom stereocenters. The Labute approximate surface area is 143 Å². The van der Waals surface area contributed by atoms with Gasteiger partial charge in [-0.1, -0.05) is 17.4 Å². The Morgan fingerprint density at radius 2 is 2.12 bits per heavy atom. The van der Waals surface area contributed by atoms with Crippen molar-refractivity contribution in [2.75, 3.05) is 18.0 Å². The summed E-state index contributed by atoms with van der Waals surface area (Å²) in [6, 6.07) is 5.67. The van der Waals surface area contributed by atoms with Crippen molar-refractivity contribution in [1.29, 1.82) is 0 Å². The lowest BCUT2D eigenvalue weighted by Gasteiger charge is -2.42. The van der Waals surface area contributed by atoms with E-state index in [-0.39, 0.29) is 5.56 Å². The first-order chi connectivity index (χ1) is 11.6. The molecule has 1 fully saturated rings. The van der Waals surface area contributed by atoms with E-state index < -0.39 is 0 Å². The molecular weight excluding hydrogens is 322 g/mol. The van der Waals surface area contributed by atoms with Crippen LogP contribution in [0.2, 0.25) is 0 Å². The van der Waals surface area contributed by atoms with Gasteiger partial charge in [0.05, 0.1) is 10.4 Å². The first-order valence-corrected chi connectivity index (χ1v) is 9.16. The van der Waals surface area contributed by atoms with Crippen LogP contribution in [0.4, 0.5) is 5.13 Å². The number of aryl methyl sites for hydroxylation is 2.